The van der Waals surface area contributed by atoms with E-state index in [1.165, 1.54) is 0 Å². The molecule has 3 aromatic rings. The molecule has 5 heteroatoms. The van der Waals surface area contributed by atoms with E-state index in [0.29, 0.717) is 12.2 Å². The Morgan fingerprint density at radius 1 is 1.14 bits per heavy atom. The van der Waals surface area contributed by atoms with E-state index in [2.05, 4.69) is 11.2 Å². The third-order valence-electron chi connectivity index (χ3n) is 4.45. The van der Waals surface area contributed by atoms with E-state index >= 15 is 0 Å². The minimum Gasteiger partial charge on any atom is -0.496 e. The Morgan fingerprint density at radius 3 is 2.68 bits per heavy atom. The number of aryl methyl sites for hydroxylation is 3. The number of carbonyl (C=O) groups excluding carboxylic acids is 1. The molecule has 0 amide bonds. The van der Waals surface area contributed by atoms with Crippen molar-refractivity contribution in [3.8, 4) is 11.5 Å². The average Bonchev–Trinajstić information content (AvgIpc) is 3.13. The number of nitrogens with zero attached hydrogens (tertiary/aromatic N) is 2. The molecule has 144 valence electrons. The molecule has 0 aliphatic heterocycles. The molecular weight excluding hydrogens is 352 g/mol. The zero-order valence-corrected chi connectivity index (χ0v) is 16.6. The lowest BCUT2D eigenvalue weighted by Crippen LogP contribution is -2.01. The molecule has 0 radical (unpaired) electrons. The van der Waals surface area contributed by atoms with Gasteiger partial charge >= 0.3 is 0 Å². The van der Waals surface area contributed by atoms with Gasteiger partial charge in [0.1, 0.15) is 18.1 Å². The van der Waals surface area contributed by atoms with Crippen LogP contribution in [0.4, 0.5) is 0 Å². The number of hydrogen-bond acceptors (Lipinski definition) is 4. The lowest BCUT2D eigenvalue weighted by Gasteiger charge is -2.13. The highest BCUT2D eigenvalue weighted by Gasteiger charge is 2.08. The Balaban J connectivity index is 1.77. The lowest BCUT2D eigenvalue weighted by atomic mass is 10.1. The molecule has 0 N–H and O–H groups in total. The third kappa shape index (κ3) is 4.68. The second-order valence-electron chi connectivity index (χ2n) is 6.73. The first-order valence-corrected chi connectivity index (χ1v) is 9.04. The van der Waals surface area contributed by atoms with Gasteiger partial charge in [-0.25, -0.2) is 0 Å². The topological polar surface area (TPSA) is 53.3 Å². The van der Waals surface area contributed by atoms with Gasteiger partial charge in [0.25, 0.3) is 0 Å². The van der Waals surface area contributed by atoms with Crippen molar-refractivity contribution in [1.29, 1.82) is 0 Å². The zero-order valence-electron chi connectivity index (χ0n) is 16.6. The molecule has 1 aromatic heterocycles. The van der Waals surface area contributed by atoms with Crippen LogP contribution >= 0.6 is 0 Å². The van der Waals surface area contributed by atoms with Crippen LogP contribution in [0, 0.1) is 13.8 Å². The molecule has 0 saturated heterocycles. The van der Waals surface area contributed by atoms with Crippen molar-refractivity contribution in [2.75, 3.05) is 7.11 Å². The highest BCUT2D eigenvalue weighted by molar-refractivity contribution is 6.06. The van der Waals surface area contributed by atoms with Gasteiger partial charge in [-0.15, -0.1) is 0 Å². The second-order valence-corrected chi connectivity index (χ2v) is 6.73. The fourth-order valence-electron chi connectivity index (χ4n) is 2.85. The zero-order chi connectivity index (χ0) is 20.1. The number of aromatic nitrogens is 2. The molecule has 0 saturated carbocycles. The number of rotatable bonds is 7. The van der Waals surface area contributed by atoms with Gasteiger partial charge < -0.3 is 9.47 Å². The van der Waals surface area contributed by atoms with Crippen LogP contribution in [-0.4, -0.2) is 22.7 Å². The van der Waals surface area contributed by atoms with Crippen LogP contribution in [0.25, 0.3) is 6.08 Å². The van der Waals surface area contributed by atoms with Crippen LogP contribution in [0.5, 0.6) is 11.5 Å². The van der Waals surface area contributed by atoms with Crippen molar-refractivity contribution < 1.29 is 14.3 Å². The first kappa shape index (κ1) is 19.4. The Labute approximate surface area is 165 Å². The standard InChI is InChI=1S/C23H24N2O3/c1-16-5-6-17(2)23(11-16)28-15-19-12-18(8-10-22(19)27-4)7-9-21(26)20-13-24-25(3)14-20/h5-14H,15H2,1-4H3/b9-7+. The third-order valence-corrected chi connectivity index (χ3v) is 4.45. The normalized spacial score (nSPS) is 11.0. The van der Waals surface area contributed by atoms with E-state index in [0.717, 1.165) is 33.8 Å². The predicted molar refractivity (Wildman–Crippen MR) is 110 cm³/mol. The monoisotopic (exact) mass is 376 g/mol. The summed E-state index contributed by atoms with van der Waals surface area (Å²) < 4.78 is 13.1. The predicted octanol–water partition coefficient (Wildman–Crippen LogP) is 4.52. The van der Waals surface area contributed by atoms with E-state index in [1.807, 2.05) is 44.2 Å². The molecule has 28 heavy (non-hydrogen) atoms. The molecule has 0 bridgehead atoms. The number of ether oxygens (including phenoxy) is 2. The maximum Gasteiger partial charge on any atom is 0.189 e. The highest BCUT2D eigenvalue weighted by atomic mass is 16.5. The molecule has 0 aliphatic carbocycles. The number of hydrogen-bond donors (Lipinski definition) is 0. The first-order chi connectivity index (χ1) is 13.5. The largest absolute Gasteiger partial charge is 0.496 e. The van der Waals surface area contributed by atoms with Gasteiger partial charge in [0.15, 0.2) is 5.78 Å². The van der Waals surface area contributed by atoms with E-state index in [4.69, 9.17) is 9.47 Å². The number of allylic oxidation sites excluding steroid dienone is 1. The van der Waals surface area contributed by atoms with Crippen LogP contribution in [0.1, 0.15) is 32.6 Å². The van der Waals surface area contributed by atoms with Crippen LogP contribution in [0.3, 0.4) is 0 Å². The van der Waals surface area contributed by atoms with Crippen molar-refractivity contribution in [3.05, 3.63) is 82.7 Å². The van der Waals surface area contributed by atoms with Crippen molar-refractivity contribution in [1.82, 2.24) is 9.78 Å². The fraction of sp³-hybridized carbons (Fsp3) is 0.217. The number of carbonyl (C=O) groups is 1. The molecule has 2 aromatic carbocycles. The van der Waals surface area contributed by atoms with Crippen LogP contribution < -0.4 is 9.47 Å². The number of benzene rings is 2. The smallest absolute Gasteiger partial charge is 0.189 e. The molecule has 0 unspecified atom stereocenters. The molecule has 1 heterocycles. The van der Waals surface area contributed by atoms with Gasteiger partial charge in [-0.1, -0.05) is 24.3 Å². The summed E-state index contributed by atoms with van der Waals surface area (Å²) >= 11 is 0. The number of methoxy groups -OCH3 is 1. The summed E-state index contributed by atoms with van der Waals surface area (Å²) in [6, 6.07) is 11.9. The maximum atomic E-state index is 12.2. The fourth-order valence-corrected chi connectivity index (χ4v) is 2.85. The second kappa shape index (κ2) is 8.57. The number of ketones is 1. The molecule has 0 fully saturated rings. The van der Waals surface area contributed by atoms with Gasteiger partial charge in [-0.05, 0) is 54.8 Å². The summed E-state index contributed by atoms with van der Waals surface area (Å²) in [4.78, 5) is 12.2. The van der Waals surface area contributed by atoms with Crippen LogP contribution in [0.2, 0.25) is 0 Å². The Hall–Kier alpha value is -3.34. The molecule has 3 rings (SSSR count). The van der Waals surface area contributed by atoms with Crippen molar-refractivity contribution in [3.63, 3.8) is 0 Å². The lowest BCUT2D eigenvalue weighted by molar-refractivity contribution is 0.104. The molecule has 0 aliphatic rings. The van der Waals surface area contributed by atoms with Gasteiger partial charge in [-0.3, -0.25) is 9.48 Å². The minimum absolute atomic E-state index is 0.0860. The molecule has 0 spiro atoms. The summed E-state index contributed by atoms with van der Waals surface area (Å²) in [7, 11) is 3.42. The molecule has 0 atom stereocenters. The summed E-state index contributed by atoms with van der Waals surface area (Å²) in [5, 5.41) is 4.02. The van der Waals surface area contributed by atoms with Gasteiger partial charge in [0.05, 0.1) is 18.9 Å². The SMILES string of the molecule is COc1ccc(/C=C/C(=O)c2cnn(C)c2)cc1COc1cc(C)ccc1C. The summed E-state index contributed by atoms with van der Waals surface area (Å²) in [5.74, 6) is 1.52. The first-order valence-electron chi connectivity index (χ1n) is 9.04. The summed E-state index contributed by atoms with van der Waals surface area (Å²) in [5.41, 5.74) is 4.61. The van der Waals surface area contributed by atoms with Gasteiger partial charge in [-0.2, -0.15) is 5.10 Å². The maximum absolute atomic E-state index is 12.2. The van der Waals surface area contributed by atoms with E-state index in [1.54, 1.807) is 43.4 Å². The highest BCUT2D eigenvalue weighted by Crippen LogP contribution is 2.25. The Morgan fingerprint density at radius 2 is 1.96 bits per heavy atom. The average molecular weight is 376 g/mol. The van der Waals surface area contributed by atoms with Gasteiger partial charge in [0, 0.05) is 18.8 Å². The van der Waals surface area contributed by atoms with Gasteiger partial charge in [0.2, 0.25) is 0 Å². The summed E-state index contributed by atoms with van der Waals surface area (Å²) in [6.07, 6.45) is 6.60. The quantitative estimate of drug-likeness (QED) is 0.449. The molecular formula is C23H24N2O3. The van der Waals surface area contributed by atoms with Crippen LogP contribution in [0.15, 0.2) is 54.9 Å². The van der Waals surface area contributed by atoms with Crippen molar-refractivity contribution >= 4 is 11.9 Å². The van der Waals surface area contributed by atoms with Crippen molar-refractivity contribution in [2.45, 2.75) is 20.5 Å². The van der Waals surface area contributed by atoms with E-state index < -0.39 is 0 Å². The molecule has 5 nitrogen and oxygen atoms in total. The van der Waals surface area contributed by atoms with E-state index in [9.17, 15) is 4.79 Å². The van der Waals surface area contributed by atoms with Crippen molar-refractivity contribution in [2.24, 2.45) is 7.05 Å². The minimum atomic E-state index is -0.0860. The summed E-state index contributed by atoms with van der Waals surface area (Å²) in [6.45, 7) is 4.44. The van der Waals surface area contributed by atoms with E-state index in [-0.39, 0.29) is 5.78 Å². The van der Waals surface area contributed by atoms with Crippen LogP contribution in [-0.2, 0) is 13.7 Å². The Bertz CT molecular complexity index is 1020. The Kier molecular flexibility index (Phi) is 5.94.